The molecule has 0 aliphatic heterocycles. The van der Waals surface area contributed by atoms with Crippen LogP contribution >= 0.6 is 11.8 Å². The van der Waals surface area contributed by atoms with Crippen molar-refractivity contribution >= 4 is 23.0 Å². The van der Waals surface area contributed by atoms with Crippen LogP contribution in [0.15, 0.2) is 0 Å². The van der Waals surface area contributed by atoms with Crippen molar-refractivity contribution in [2.24, 2.45) is 0 Å². The van der Waals surface area contributed by atoms with Crippen molar-refractivity contribution in [1.29, 1.82) is 0 Å². The highest BCUT2D eigenvalue weighted by Gasteiger charge is 2.07. The molecule has 5 heteroatoms. The van der Waals surface area contributed by atoms with Crippen LogP contribution in [0.25, 0.3) is 0 Å². The van der Waals surface area contributed by atoms with E-state index in [1.807, 2.05) is 13.8 Å². The third-order valence-electron chi connectivity index (χ3n) is 2.00. The summed E-state index contributed by atoms with van der Waals surface area (Å²) in [7, 11) is 0. The predicted molar refractivity (Wildman–Crippen MR) is 69.2 cm³/mol. The number of hydrogen-bond donors (Lipinski definition) is 0. The largest absolute Gasteiger partial charge is 0.466 e. The van der Waals surface area contributed by atoms with Gasteiger partial charge in [-0.25, -0.2) is 4.79 Å². The second-order valence-corrected chi connectivity index (χ2v) is 4.65. The van der Waals surface area contributed by atoms with Crippen LogP contribution in [-0.2, 0) is 14.3 Å². The Morgan fingerprint density at radius 2 is 1.59 bits per heavy atom. The summed E-state index contributed by atoms with van der Waals surface area (Å²) in [4.78, 5) is 22.3. The number of ether oxygens (including phenoxy) is 2. The van der Waals surface area contributed by atoms with E-state index in [0.717, 1.165) is 37.4 Å². The maximum atomic E-state index is 11.2. The number of carbonyl (C=O) groups excluding carboxylic acids is 2. The minimum absolute atomic E-state index is 0.243. The molecule has 0 aliphatic rings. The van der Waals surface area contributed by atoms with E-state index in [9.17, 15) is 9.59 Å². The molecule has 0 unspecified atom stereocenters. The van der Waals surface area contributed by atoms with Crippen LogP contribution in [0, 0.1) is 0 Å². The summed E-state index contributed by atoms with van der Waals surface area (Å²) in [6.07, 6.45) is 4.04. The lowest BCUT2D eigenvalue weighted by atomic mass is 10.4. The van der Waals surface area contributed by atoms with Gasteiger partial charge in [0.05, 0.1) is 19.6 Å². The SMILES string of the molecule is CCCCOC(=O)CCSC(=O)OCCCC. The van der Waals surface area contributed by atoms with Crippen molar-refractivity contribution in [1.82, 2.24) is 0 Å². The molecule has 0 saturated carbocycles. The fourth-order valence-corrected chi connectivity index (χ4v) is 1.56. The monoisotopic (exact) mass is 262 g/mol. The summed E-state index contributed by atoms with van der Waals surface area (Å²) in [5.41, 5.74) is 0. The van der Waals surface area contributed by atoms with Crippen molar-refractivity contribution < 1.29 is 19.1 Å². The van der Waals surface area contributed by atoms with Gasteiger partial charge in [0.2, 0.25) is 0 Å². The summed E-state index contributed by atoms with van der Waals surface area (Å²) >= 11 is 1.03. The normalized spacial score (nSPS) is 10.0. The topological polar surface area (TPSA) is 52.6 Å². The molecule has 0 spiro atoms. The third kappa shape index (κ3) is 11.6. The van der Waals surface area contributed by atoms with Gasteiger partial charge in [-0.15, -0.1) is 0 Å². The van der Waals surface area contributed by atoms with Crippen molar-refractivity contribution in [3.63, 3.8) is 0 Å². The van der Waals surface area contributed by atoms with Crippen LogP contribution in [-0.4, -0.2) is 30.2 Å². The minimum atomic E-state index is -0.306. The third-order valence-corrected chi connectivity index (χ3v) is 2.77. The molecule has 0 bridgehead atoms. The molecule has 17 heavy (non-hydrogen) atoms. The Labute approximate surface area is 107 Å². The van der Waals surface area contributed by atoms with Crippen molar-refractivity contribution in [3.8, 4) is 0 Å². The summed E-state index contributed by atoms with van der Waals surface area (Å²) in [5.74, 6) is 0.183. The Morgan fingerprint density at radius 3 is 2.18 bits per heavy atom. The van der Waals surface area contributed by atoms with Crippen molar-refractivity contribution in [2.75, 3.05) is 19.0 Å². The molecule has 0 aliphatic carbocycles. The minimum Gasteiger partial charge on any atom is -0.466 e. The number of thioether (sulfide) groups is 1. The first-order valence-corrected chi connectivity index (χ1v) is 7.14. The summed E-state index contributed by atoms with van der Waals surface area (Å²) in [5, 5.41) is -0.306. The van der Waals surface area contributed by atoms with Crippen LogP contribution in [0.4, 0.5) is 4.79 Å². The van der Waals surface area contributed by atoms with E-state index < -0.39 is 0 Å². The van der Waals surface area contributed by atoms with E-state index in [4.69, 9.17) is 9.47 Å². The van der Waals surface area contributed by atoms with Gasteiger partial charge in [0, 0.05) is 5.75 Å². The molecular formula is C12H22O4S. The summed E-state index contributed by atoms with van der Waals surface area (Å²) in [6.45, 7) is 5.01. The number of esters is 1. The van der Waals surface area contributed by atoms with E-state index in [1.54, 1.807) is 0 Å². The number of carbonyl (C=O) groups is 2. The van der Waals surface area contributed by atoms with E-state index in [-0.39, 0.29) is 17.7 Å². The molecule has 0 fully saturated rings. The van der Waals surface area contributed by atoms with Gasteiger partial charge >= 0.3 is 11.3 Å². The van der Waals surface area contributed by atoms with Crippen LogP contribution in [0.5, 0.6) is 0 Å². The van der Waals surface area contributed by atoms with Gasteiger partial charge in [-0.05, 0) is 24.6 Å². The molecule has 0 aromatic rings. The lowest BCUT2D eigenvalue weighted by molar-refractivity contribution is -0.143. The van der Waals surface area contributed by atoms with Gasteiger partial charge in [-0.1, -0.05) is 26.7 Å². The number of hydrogen-bond acceptors (Lipinski definition) is 5. The van der Waals surface area contributed by atoms with Gasteiger partial charge in [-0.3, -0.25) is 4.79 Å². The first-order chi connectivity index (χ1) is 8.20. The first-order valence-electron chi connectivity index (χ1n) is 6.15. The number of rotatable bonds is 9. The number of unbranched alkanes of at least 4 members (excludes halogenated alkanes) is 2. The lowest BCUT2D eigenvalue weighted by Gasteiger charge is -2.04. The maximum absolute atomic E-state index is 11.2. The van der Waals surface area contributed by atoms with Gasteiger partial charge in [0.25, 0.3) is 0 Å². The maximum Gasteiger partial charge on any atom is 0.367 e. The molecule has 0 rings (SSSR count). The second kappa shape index (κ2) is 11.8. The Balaban J connectivity index is 3.36. The zero-order valence-electron chi connectivity index (χ0n) is 10.7. The van der Waals surface area contributed by atoms with Crippen molar-refractivity contribution in [3.05, 3.63) is 0 Å². The van der Waals surface area contributed by atoms with Gasteiger partial charge in [0.15, 0.2) is 0 Å². The first kappa shape index (κ1) is 16.3. The van der Waals surface area contributed by atoms with E-state index in [2.05, 4.69) is 0 Å². The fraction of sp³-hybridized carbons (Fsp3) is 0.833. The zero-order valence-corrected chi connectivity index (χ0v) is 11.5. The van der Waals surface area contributed by atoms with Crippen LogP contribution in [0.3, 0.4) is 0 Å². The molecule has 0 heterocycles. The Morgan fingerprint density at radius 1 is 1.00 bits per heavy atom. The Bertz CT molecular complexity index is 197. The van der Waals surface area contributed by atoms with Gasteiger partial charge < -0.3 is 9.47 Å². The molecule has 100 valence electrons. The van der Waals surface area contributed by atoms with E-state index >= 15 is 0 Å². The summed E-state index contributed by atoms with van der Waals surface area (Å²) in [6, 6.07) is 0. The molecule has 0 saturated heterocycles. The van der Waals surface area contributed by atoms with Crippen LogP contribution < -0.4 is 0 Å². The summed E-state index contributed by atoms with van der Waals surface area (Å²) < 4.78 is 9.89. The van der Waals surface area contributed by atoms with Crippen molar-refractivity contribution in [2.45, 2.75) is 46.0 Å². The smallest absolute Gasteiger partial charge is 0.367 e. The predicted octanol–water partition coefficient (Wildman–Crippen LogP) is 3.39. The molecule has 0 aromatic heterocycles. The molecule has 0 amide bonds. The Kier molecular flexibility index (Phi) is 11.3. The van der Waals surface area contributed by atoms with E-state index in [0.29, 0.717) is 19.0 Å². The van der Waals surface area contributed by atoms with E-state index in [1.165, 1.54) is 0 Å². The molecule has 0 atom stereocenters. The Hall–Kier alpha value is -0.710. The van der Waals surface area contributed by atoms with Gasteiger partial charge in [0.1, 0.15) is 0 Å². The molecule has 4 nitrogen and oxygen atoms in total. The standard InChI is InChI=1S/C12H22O4S/c1-3-5-8-15-11(13)7-10-17-12(14)16-9-6-4-2/h3-10H2,1-2H3. The molecular weight excluding hydrogens is 240 g/mol. The average molecular weight is 262 g/mol. The van der Waals surface area contributed by atoms with Gasteiger partial charge in [-0.2, -0.15) is 0 Å². The quantitative estimate of drug-likeness (QED) is 0.471. The lowest BCUT2D eigenvalue weighted by Crippen LogP contribution is -2.08. The molecule has 0 aromatic carbocycles. The molecule has 0 radical (unpaired) electrons. The fourth-order valence-electron chi connectivity index (χ4n) is 0.962. The highest BCUT2D eigenvalue weighted by atomic mass is 32.2. The second-order valence-electron chi connectivity index (χ2n) is 3.62. The average Bonchev–Trinajstić information content (AvgIpc) is 2.30. The highest BCUT2D eigenvalue weighted by molar-refractivity contribution is 8.13. The molecule has 0 N–H and O–H groups in total. The van der Waals surface area contributed by atoms with Crippen LogP contribution in [0.2, 0.25) is 0 Å². The zero-order chi connectivity index (χ0) is 12.9. The van der Waals surface area contributed by atoms with Crippen LogP contribution in [0.1, 0.15) is 46.0 Å². The highest BCUT2D eigenvalue weighted by Crippen LogP contribution is 2.08.